The lowest BCUT2D eigenvalue weighted by atomic mass is 9.73. The van der Waals surface area contributed by atoms with Gasteiger partial charge in [0.25, 0.3) is 0 Å². The van der Waals surface area contributed by atoms with Crippen molar-refractivity contribution in [1.82, 2.24) is 4.90 Å². The number of carbonyl (C=O) groups is 3. The number of likely N-dealkylation sites (tertiary alicyclic amines) is 1. The number of hydrogen-bond donors (Lipinski definition) is 4. The van der Waals surface area contributed by atoms with E-state index >= 15 is 0 Å². The third-order valence-electron chi connectivity index (χ3n) is 4.44. The maximum absolute atomic E-state index is 12.5. The first kappa shape index (κ1) is 14.3. The highest BCUT2D eigenvalue weighted by Gasteiger charge is 2.59. The predicted octanol–water partition coefficient (Wildman–Crippen LogP) is -0.104. The van der Waals surface area contributed by atoms with Gasteiger partial charge in [-0.15, -0.1) is 0 Å². The zero-order chi connectivity index (χ0) is 16.1. The molecule has 0 aromatic heterocycles. The minimum atomic E-state index is -1.41. The molecule has 8 nitrogen and oxygen atoms in total. The van der Waals surface area contributed by atoms with Gasteiger partial charge in [0.15, 0.2) is 0 Å². The van der Waals surface area contributed by atoms with Crippen molar-refractivity contribution in [3.8, 4) is 0 Å². The Bertz CT molecular complexity index is 652. The zero-order valence-corrected chi connectivity index (χ0v) is 11.5. The van der Waals surface area contributed by atoms with Crippen LogP contribution in [-0.2, 0) is 9.59 Å². The van der Waals surface area contributed by atoms with Crippen molar-refractivity contribution >= 4 is 23.6 Å². The van der Waals surface area contributed by atoms with Crippen LogP contribution in [0.25, 0.3) is 0 Å². The number of carboxylic acid groups (broad SMARTS) is 1. The van der Waals surface area contributed by atoms with Crippen LogP contribution in [0.15, 0.2) is 24.3 Å². The number of nitrogens with one attached hydrogen (secondary N) is 1. The molecule has 3 amide bonds. The number of amides is 3. The third kappa shape index (κ3) is 1.84. The van der Waals surface area contributed by atoms with Crippen molar-refractivity contribution in [3.05, 3.63) is 29.8 Å². The van der Waals surface area contributed by atoms with E-state index in [2.05, 4.69) is 5.32 Å². The molecule has 1 unspecified atom stereocenters. The molecule has 0 bridgehead atoms. The molecule has 22 heavy (non-hydrogen) atoms. The molecular formula is C14H15N3O5. The van der Waals surface area contributed by atoms with Crippen LogP contribution in [0.2, 0.25) is 0 Å². The Morgan fingerprint density at radius 2 is 2.05 bits per heavy atom. The van der Waals surface area contributed by atoms with E-state index in [-0.39, 0.29) is 13.0 Å². The Balaban J connectivity index is 2.05. The molecule has 1 saturated heterocycles. The van der Waals surface area contributed by atoms with E-state index in [1.165, 1.54) is 0 Å². The lowest BCUT2D eigenvalue weighted by Gasteiger charge is -2.37. The van der Waals surface area contributed by atoms with Gasteiger partial charge in [0.1, 0.15) is 6.04 Å². The SMILES string of the molecule is NC(=O)[C@@H]1C[C@@]2(CN1C(=O)O)C(=O)Nc1ccccc1C2O. The highest BCUT2D eigenvalue weighted by Crippen LogP contribution is 2.49. The molecule has 1 aromatic rings. The molecule has 3 rings (SSSR count). The number of hydrogen-bond acceptors (Lipinski definition) is 4. The van der Waals surface area contributed by atoms with Crippen LogP contribution >= 0.6 is 0 Å². The second kappa shape index (κ2) is 4.70. The third-order valence-corrected chi connectivity index (χ3v) is 4.44. The van der Waals surface area contributed by atoms with E-state index in [0.29, 0.717) is 11.3 Å². The summed E-state index contributed by atoms with van der Waals surface area (Å²) in [6.45, 7) is -0.280. The minimum Gasteiger partial charge on any atom is -0.465 e. The summed E-state index contributed by atoms with van der Waals surface area (Å²) in [5.41, 5.74) is 4.81. The first-order chi connectivity index (χ1) is 10.4. The fraction of sp³-hybridized carbons (Fsp3) is 0.357. The maximum Gasteiger partial charge on any atom is 0.408 e. The monoisotopic (exact) mass is 305 g/mol. The number of aliphatic hydroxyl groups excluding tert-OH is 1. The molecule has 5 N–H and O–H groups in total. The number of aliphatic hydroxyl groups is 1. The summed E-state index contributed by atoms with van der Waals surface area (Å²) in [5, 5.41) is 22.5. The fourth-order valence-corrected chi connectivity index (χ4v) is 3.27. The van der Waals surface area contributed by atoms with E-state index in [1.54, 1.807) is 24.3 Å². The van der Waals surface area contributed by atoms with Crippen LogP contribution in [0.5, 0.6) is 0 Å². The molecule has 2 heterocycles. The largest absolute Gasteiger partial charge is 0.465 e. The Morgan fingerprint density at radius 1 is 1.36 bits per heavy atom. The van der Waals surface area contributed by atoms with E-state index in [4.69, 9.17) is 5.73 Å². The van der Waals surface area contributed by atoms with Gasteiger partial charge in [-0.05, 0) is 12.5 Å². The Hall–Kier alpha value is -2.61. The maximum atomic E-state index is 12.5. The smallest absolute Gasteiger partial charge is 0.408 e. The van der Waals surface area contributed by atoms with Gasteiger partial charge in [0.2, 0.25) is 11.8 Å². The summed E-state index contributed by atoms with van der Waals surface area (Å²) in [5.74, 6) is -1.34. The van der Waals surface area contributed by atoms with Gasteiger partial charge in [0, 0.05) is 17.8 Å². The van der Waals surface area contributed by atoms with Gasteiger partial charge >= 0.3 is 6.09 Å². The number of carbonyl (C=O) groups excluding carboxylic acids is 2. The molecule has 0 saturated carbocycles. The number of fused-ring (bicyclic) bond motifs is 1. The summed E-state index contributed by atoms with van der Waals surface area (Å²) in [7, 11) is 0. The van der Waals surface area contributed by atoms with Gasteiger partial charge in [-0.3, -0.25) is 14.5 Å². The van der Waals surface area contributed by atoms with Gasteiger partial charge in [-0.2, -0.15) is 0 Å². The number of benzene rings is 1. The number of anilines is 1. The summed E-state index contributed by atoms with van der Waals surface area (Å²) in [4.78, 5) is 36.1. The molecule has 1 fully saturated rings. The predicted molar refractivity (Wildman–Crippen MR) is 74.8 cm³/mol. The van der Waals surface area contributed by atoms with Crippen molar-refractivity contribution in [2.75, 3.05) is 11.9 Å². The summed E-state index contributed by atoms with van der Waals surface area (Å²) in [6, 6.07) is 5.60. The average molecular weight is 305 g/mol. The second-order valence-corrected chi connectivity index (χ2v) is 5.63. The van der Waals surface area contributed by atoms with Crippen LogP contribution in [0, 0.1) is 5.41 Å². The lowest BCUT2D eigenvalue weighted by Crippen LogP contribution is -2.47. The summed E-state index contributed by atoms with van der Waals surface area (Å²) in [6.07, 6.45) is -2.70. The minimum absolute atomic E-state index is 0.143. The zero-order valence-electron chi connectivity index (χ0n) is 11.5. The van der Waals surface area contributed by atoms with E-state index in [1.807, 2.05) is 0 Å². The fourth-order valence-electron chi connectivity index (χ4n) is 3.27. The highest BCUT2D eigenvalue weighted by atomic mass is 16.4. The molecule has 2 aliphatic rings. The van der Waals surface area contributed by atoms with E-state index in [0.717, 1.165) is 4.90 Å². The summed E-state index contributed by atoms with van der Waals surface area (Å²) >= 11 is 0. The lowest BCUT2D eigenvalue weighted by molar-refractivity contribution is -0.132. The van der Waals surface area contributed by atoms with Crippen molar-refractivity contribution < 1.29 is 24.6 Å². The molecule has 8 heteroatoms. The second-order valence-electron chi connectivity index (χ2n) is 5.63. The number of primary amides is 1. The molecule has 1 aromatic carbocycles. The quantitative estimate of drug-likeness (QED) is 0.575. The number of nitrogens with zero attached hydrogens (tertiary/aromatic N) is 1. The molecule has 116 valence electrons. The van der Waals surface area contributed by atoms with Gasteiger partial charge in [-0.1, -0.05) is 18.2 Å². The van der Waals surface area contributed by atoms with Gasteiger partial charge < -0.3 is 21.3 Å². The van der Waals surface area contributed by atoms with Crippen LogP contribution in [0.3, 0.4) is 0 Å². The van der Waals surface area contributed by atoms with Crippen LogP contribution in [0.1, 0.15) is 18.1 Å². The Kier molecular flexibility index (Phi) is 3.06. The molecular weight excluding hydrogens is 290 g/mol. The highest BCUT2D eigenvalue weighted by molar-refractivity contribution is 6.01. The molecule has 3 atom stereocenters. The van der Waals surface area contributed by atoms with Crippen LogP contribution in [-0.4, -0.2) is 45.6 Å². The van der Waals surface area contributed by atoms with Crippen LogP contribution < -0.4 is 11.1 Å². The van der Waals surface area contributed by atoms with Gasteiger partial charge in [-0.25, -0.2) is 4.79 Å². The number of nitrogens with two attached hydrogens (primary N) is 1. The molecule has 2 aliphatic heterocycles. The van der Waals surface area contributed by atoms with Crippen LogP contribution in [0.4, 0.5) is 10.5 Å². The first-order valence-corrected chi connectivity index (χ1v) is 6.74. The standard InChI is InChI=1S/C14H15N3O5/c15-11(19)9-5-14(6-17(9)13(21)22)10(18)7-3-1-2-4-8(7)16-12(14)20/h1-4,9-10,18H,5-6H2,(H2,15,19)(H,16,20)(H,21,22)/t9-,10?,14-/m0/s1. The van der Waals surface area contributed by atoms with E-state index < -0.39 is 35.5 Å². The van der Waals surface area contributed by atoms with Gasteiger partial charge in [0.05, 0.1) is 11.5 Å². The Labute approximate surface area is 125 Å². The molecule has 0 radical (unpaired) electrons. The van der Waals surface area contributed by atoms with Crippen molar-refractivity contribution in [3.63, 3.8) is 0 Å². The topological polar surface area (TPSA) is 133 Å². The van der Waals surface area contributed by atoms with Crippen molar-refractivity contribution in [2.45, 2.75) is 18.6 Å². The average Bonchev–Trinajstić information content (AvgIpc) is 2.88. The molecule has 1 spiro atoms. The Morgan fingerprint density at radius 3 is 2.64 bits per heavy atom. The number of rotatable bonds is 1. The summed E-state index contributed by atoms with van der Waals surface area (Å²) < 4.78 is 0. The first-order valence-electron chi connectivity index (χ1n) is 6.74. The van der Waals surface area contributed by atoms with Crippen molar-refractivity contribution in [2.24, 2.45) is 11.1 Å². The normalized spacial score (nSPS) is 30.0. The number of para-hydroxylation sites is 1. The molecule has 0 aliphatic carbocycles. The van der Waals surface area contributed by atoms with E-state index in [9.17, 15) is 24.6 Å². The van der Waals surface area contributed by atoms with Crippen molar-refractivity contribution in [1.29, 1.82) is 0 Å².